The molecule has 1 saturated heterocycles. The second-order valence-corrected chi connectivity index (χ2v) is 6.62. The Morgan fingerprint density at radius 1 is 1.04 bits per heavy atom. The van der Waals surface area contributed by atoms with E-state index in [0.29, 0.717) is 11.3 Å². The molecule has 1 N–H and O–H groups in total. The average molecular weight is 381 g/mol. The van der Waals surface area contributed by atoms with Crippen LogP contribution in [-0.2, 0) is 14.3 Å². The number of carbonyl (C=O) groups is 2. The predicted octanol–water partition coefficient (Wildman–Crippen LogP) is 3.07. The number of methoxy groups -OCH3 is 2. The van der Waals surface area contributed by atoms with E-state index in [1.54, 1.807) is 31.4 Å². The monoisotopic (exact) mass is 381 g/mol. The lowest BCUT2D eigenvalue weighted by Gasteiger charge is -2.25. The molecule has 1 fully saturated rings. The van der Waals surface area contributed by atoms with Crippen LogP contribution in [0.3, 0.4) is 0 Å². The number of ether oxygens (including phenoxy) is 2. The van der Waals surface area contributed by atoms with Crippen molar-refractivity contribution in [1.29, 1.82) is 0 Å². The van der Waals surface area contributed by atoms with Gasteiger partial charge in [-0.3, -0.25) is 9.59 Å². The molecular formula is C22H23NO5. The summed E-state index contributed by atoms with van der Waals surface area (Å²) in [7, 11) is 3.09. The number of benzene rings is 2. The minimum absolute atomic E-state index is 0.0788. The van der Waals surface area contributed by atoms with E-state index in [9.17, 15) is 14.7 Å². The highest BCUT2D eigenvalue weighted by Gasteiger charge is 2.45. The van der Waals surface area contributed by atoms with Gasteiger partial charge in [0.2, 0.25) is 0 Å². The Hall–Kier alpha value is -3.12. The fourth-order valence-corrected chi connectivity index (χ4v) is 3.30. The molecule has 28 heavy (non-hydrogen) atoms. The predicted molar refractivity (Wildman–Crippen MR) is 105 cm³/mol. The number of likely N-dealkylation sites (tertiary alicyclic amines) is 1. The number of carbonyl (C=O) groups excluding carboxylic acids is 2. The van der Waals surface area contributed by atoms with Crippen LogP contribution in [-0.4, -0.2) is 49.1 Å². The molecule has 0 aromatic heterocycles. The lowest BCUT2D eigenvalue weighted by molar-refractivity contribution is -0.140. The van der Waals surface area contributed by atoms with Gasteiger partial charge in [-0.1, -0.05) is 29.8 Å². The van der Waals surface area contributed by atoms with Crippen molar-refractivity contribution < 1.29 is 24.2 Å². The maximum absolute atomic E-state index is 12.8. The van der Waals surface area contributed by atoms with Gasteiger partial charge in [0.05, 0.1) is 25.3 Å². The number of aryl methyl sites for hydroxylation is 1. The van der Waals surface area contributed by atoms with Gasteiger partial charge in [-0.25, -0.2) is 0 Å². The van der Waals surface area contributed by atoms with Crippen LogP contribution in [0.25, 0.3) is 5.76 Å². The molecule has 1 atom stereocenters. The number of hydrogen-bond acceptors (Lipinski definition) is 5. The number of rotatable bonds is 6. The van der Waals surface area contributed by atoms with Crippen molar-refractivity contribution in [2.45, 2.75) is 13.0 Å². The van der Waals surface area contributed by atoms with E-state index in [1.165, 1.54) is 12.0 Å². The van der Waals surface area contributed by atoms with Gasteiger partial charge in [0, 0.05) is 19.2 Å². The van der Waals surface area contributed by atoms with Crippen molar-refractivity contribution in [2.75, 3.05) is 27.4 Å². The molecule has 146 valence electrons. The quantitative estimate of drug-likeness (QED) is 0.473. The molecule has 0 aliphatic carbocycles. The van der Waals surface area contributed by atoms with Crippen molar-refractivity contribution in [3.8, 4) is 5.75 Å². The molecule has 2 aromatic rings. The molecule has 2 aromatic carbocycles. The number of hydrogen-bond donors (Lipinski definition) is 1. The van der Waals surface area contributed by atoms with E-state index in [-0.39, 0.29) is 24.5 Å². The number of nitrogens with zero attached hydrogens (tertiary/aromatic N) is 1. The summed E-state index contributed by atoms with van der Waals surface area (Å²) in [5.41, 5.74) is 2.35. The van der Waals surface area contributed by atoms with Gasteiger partial charge >= 0.3 is 0 Å². The molecule has 3 rings (SSSR count). The van der Waals surface area contributed by atoms with Crippen LogP contribution < -0.4 is 4.74 Å². The number of amides is 1. The van der Waals surface area contributed by atoms with Crippen LogP contribution in [0.15, 0.2) is 54.1 Å². The second-order valence-electron chi connectivity index (χ2n) is 6.62. The van der Waals surface area contributed by atoms with Gasteiger partial charge in [-0.05, 0) is 36.8 Å². The molecule has 0 radical (unpaired) electrons. The van der Waals surface area contributed by atoms with Crippen LogP contribution in [0.2, 0.25) is 0 Å². The molecule has 1 aliphatic heterocycles. The molecule has 0 saturated carbocycles. The van der Waals surface area contributed by atoms with Gasteiger partial charge in [-0.2, -0.15) is 0 Å². The van der Waals surface area contributed by atoms with Gasteiger partial charge < -0.3 is 19.5 Å². The summed E-state index contributed by atoms with van der Waals surface area (Å²) < 4.78 is 10.2. The Labute approximate surface area is 164 Å². The van der Waals surface area contributed by atoms with E-state index >= 15 is 0 Å². The first-order valence-electron chi connectivity index (χ1n) is 8.96. The van der Waals surface area contributed by atoms with Crippen molar-refractivity contribution in [1.82, 2.24) is 4.90 Å². The smallest absolute Gasteiger partial charge is 0.295 e. The van der Waals surface area contributed by atoms with E-state index in [2.05, 4.69) is 0 Å². The average Bonchev–Trinajstić information content (AvgIpc) is 2.97. The van der Waals surface area contributed by atoms with E-state index in [4.69, 9.17) is 9.47 Å². The largest absolute Gasteiger partial charge is 0.507 e. The lowest BCUT2D eigenvalue weighted by Crippen LogP contribution is -2.32. The highest BCUT2D eigenvalue weighted by atomic mass is 16.5. The number of Topliss-reactive ketones (excluding diaryl/α,β-unsaturated/α-hetero) is 1. The van der Waals surface area contributed by atoms with Crippen molar-refractivity contribution in [3.05, 3.63) is 70.8 Å². The highest BCUT2D eigenvalue weighted by Crippen LogP contribution is 2.39. The SMILES string of the molecule is COCCN1C(=O)C(=O)/C(=C(/O)c2ccc(OC)cc2)[C@H]1c1ccc(C)cc1. The molecule has 0 spiro atoms. The normalized spacial score (nSPS) is 18.5. The summed E-state index contributed by atoms with van der Waals surface area (Å²) >= 11 is 0. The molecule has 0 bridgehead atoms. The van der Waals surface area contributed by atoms with E-state index in [1.807, 2.05) is 31.2 Å². The fraction of sp³-hybridized carbons (Fsp3) is 0.273. The zero-order chi connectivity index (χ0) is 20.3. The zero-order valence-corrected chi connectivity index (χ0v) is 16.1. The summed E-state index contributed by atoms with van der Waals surface area (Å²) in [6.45, 7) is 2.50. The first kappa shape index (κ1) is 19.6. The maximum atomic E-state index is 12.8. The van der Waals surface area contributed by atoms with Gasteiger partial charge in [0.1, 0.15) is 11.5 Å². The topological polar surface area (TPSA) is 76.1 Å². The molecule has 6 heteroatoms. The summed E-state index contributed by atoms with van der Waals surface area (Å²) in [6.07, 6.45) is 0. The van der Waals surface area contributed by atoms with Gasteiger partial charge in [0.15, 0.2) is 0 Å². The number of aliphatic hydroxyl groups is 1. The minimum atomic E-state index is -0.699. The van der Waals surface area contributed by atoms with Crippen molar-refractivity contribution >= 4 is 17.4 Å². The Balaban J connectivity index is 2.12. The second kappa shape index (κ2) is 8.27. The first-order chi connectivity index (χ1) is 13.5. The van der Waals surface area contributed by atoms with Crippen LogP contribution in [0.5, 0.6) is 5.75 Å². The summed E-state index contributed by atoms with van der Waals surface area (Å²) in [5.74, 6) is -0.911. The Bertz CT molecular complexity index is 900. The first-order valence-corrected chi connectivity index (χ1v) is 8.96. The van der Waals surface area contributed by atoms with Crippen molar-refractivity contribution in [3.63, 3.8) is 0 Å². The Morgan fingerprint density at radius 2 is 1.68 bits per heavy atom. The van der Waals surface area contributed by atoms with Gasteiger partial charge in [-0.15, -0.1) is 0 Å². The Morgan fingerprint density at radius 3 is 2.25 bits per heavy atom. The fourth-order valence-electron chi connectivity index (χ4n) is 3.30. The summed E-state index contributed by atoms with van der Waals surface area (Å²) in [6, 6.07) is 13.6. The Kier molecular flexibility index (Phi) is 5.80. The third-order valence-electron chi connectivity index (χ3n) is 4.83. The highest BCUT2D eigenvalue weighted by molar-refractivity contribution is 6.46. The van der Waals surface area contributed by atoms with Crippen LogP contribution >= 0.6 is 0 Å². The molecule has 1 amide bonds. The lowest BCUT2D eigenvalue weighted by atomic mass is 9.94. The summed E-state index contributed by atoms with van der Waals surface area (Å²) in [5, 5.41) is 10.9. The molecular weight excluding hydrogens is 358 g/mol. The van der Waals surface area contributed by atoms with E-state index < -0.39 is 17.7 Å². The third-order valence-corrected chi connectivity index (χ3v) is 4.83. The van der Waals surface area contributed by atoms with Crippen molar-refractivity contribution in [2.24, 2.45) is 0 Å². The maximum Gasteiger partial charge on any atom is 0.295 e. The molecule has 1 aliphatic rings. The van der Waals surface area contributed by atoms with Gasteiger partial charge in [0.25, 0.3) is 11.7 Å². The summed E-state index contributed by atoms with van der Waals surface area (Å²) in [4.78, 5) is 26.9. The standard InChI is InChI=1S/C22H23NO5/c1-14-4-6-15(7-5-14)19-18(21(25)22(26)23(19)12-13-27-2)20(24)16-8-10-17(28-3)11-9-16/h4-11,19,24H,12-13H2,1-3H3/b20-18+/t19-/m1/s1. The van der Waals surface area contributed by atoms with Crippen LogP contribution in [0.4, 0.5) is 0 Å². The molecule has 0 unspecified atom stereocenters. The van der Waals surface area contributed by atoms with Crippen LogP contribution in [0, 0.1) is 6.92 Å². The number of ketones is 1. The van der Waals surface area contributed by atoms with Crippen LogP contribution in [0.1, 0.15) is 22.7 Å². The van der Waals surface area contributed by atoms with E-state index in [0.717, 1.165) is 11.1 Å². The number of aliphatic hydroxyl groups excluding tert-OH is 1. The molecule has 1 heterocycles. The zero-order valence-electron chi connectivity index (χ0n) is 16.1. The minimum Gasteiger partial charge on any atom is -0.507 e. The third kappa shape index (κ3) is 3.64. The molecule has 6 nitrogen and oxygen atoms in total.